The minimum absolute atomic E-state index is 0.0949. The monoisotopic (exact) mass is 510 g/mol. The summed E-state index contributed by atoms with van der Waals surface area (Å²) < 4.78 is 84.3. The van der Waals surface area contributed by atoms with E-state index in [2.05, 4.69) is 12.6 Å². The van der Waals surface area contributed by atoms with E-state index in [1.807, 2.05) is 0 Å². The minimum atomic E-state index is -4.49. The molecule has 182 valence electrons. The van der Waals surface area contributed by atoms with Crippen LogP contribution < -0.4 is 9.47 Å². The van der Waals surface area contributed by atoms with Gasteiger partial charge in [0.1, 0.15) is 31.0 Å². The maximum Gasteiger partial charge on any atom is 0.416 e. The molecule has 1 N–H and O–H groups in total. The number of rotatable bonds is 12. The molecule has 0 aliphatic carbocycles. The molecule has 2 aromatic carbocycles. The van der Waals surface area contributed by atoms with E-state index in [-0.39, 0.29) is 34.7 Å². The molecule has 0 aliphatic heterocycles. The Kier molecular flexibility index (Phi) is 9.40. The lowest BCUT2D eigenvalue weighted by Gasteiger charge is -2.19. The molecule has 0 heterocycles. The van der Waals surface area contributed by atoms with Crippen molar-refractivity contribution in [2.45, 2.75) is 22.1 Å². The first-order chi connectivity index (χ1) is 15.4. The topological polar surface area (TPSA) is 108 Å². The summed E-state index contributed by atoms with van der Waals surface area (Å²) in [6.07, 6.45) is -5.50. The highest BCUT2D eigenvalue weighted by Gasteiger charge is 2.30. The van der Waals surface area contributed by atoms with Gasteiger partial charge in [-0.15, -0.1) is 12.6 Å². The number of aliphatic carboxylic acids is 1. The van der Waals surface area contributed by atoms with Gasteiger partial charge in [0.25, 0.3) is 0 Å². The van der Waals surface area contributed by atoms with E-state index < -0.39 is 46.0 Å². The third kappa shape index (κ3) is 8.42. The fourth-order valence-electron chi connectivity index (χ4n) is 2.53. The lowest BCUT2D eigenvalue weighted by molar-refractivity contribution is -0.139. The van der Waals surface area contributed by atoms with Crippen LogP contribution >= 0.6 is 12.6 Å². The fourth-order valence-corrected chi connectivity index (χ4v) is 4.34. The second kappa shape index (κ2) is 11.6. The number of hydrogen-bond acceptors (Lipinski definition) is 8. The van der Waals surface area contributed by atoms with Crippen LogP contribution in [-0.4, -0.2) is 58.5 Å². The average Bonchev–Trinajstić information content (AvgIpc) is 2.74. The van der Waals surface area contributed by atoms with E-state index in [4.69, 9.17) is 24.1 Å². The summed E-state index contributed by atoms with van der Waals surface area (Å²) in [5.74, 6) is -1.54. The maximum atomic E-state index is 12.8. The van der Waals surface area contributed by atoms with Crippen molar-refractivity contribution in [1.29, 1.82) is 0 Å². The first kappa shape index (κ1) is 26.8. The maximum absolute atomic E-state index is 12.8. The van der Waals surface area contributed by atoms with Crippen molar-refractivity contribution >= 4 is 28.4 Å². The lowest BCUT2D eigenvalue weighted by Crippen LogP contribution is -2.31. The van der Waals surface area contributed by atoms with Gasteiger partial charge in [-0.25, -0.2) is 13.2 Å². The molecule has 13 heteroatoms. The van der Waals surface area contributed by atoms with Crippen molar-refractivity contribution < 1.29 is 50.4 Å². The summed E-state index contributed by atoms with van der Waals surface area (Å²) in [6, 6.07) is 7.65. The van der Waals surface area contributed by atoms with Gasteiger partial charge in [0.2, 0.25) is 0 Å². The van der Waals surface area contributed by atoms with Crippen LogP contribution in [0.25, 0.3) is 0 Å². The summed E-state index contributed by atoms with van der Waals surface area (Å²) in [5, 5.41) is 8.67. The molecule has 0 bridgehead atoms. The number of alkyl halides is 3. The summed E-state index contributed by atoms with van der Waals surface area (Å²) in [7, 11) is -2.58. The number of carboxylic acid groups (broad SMARTS) is 1. The van der Waals surface area contributed by atoms with Crippen molar-refractivity contribution in [2.75, 3.05) is 32.9 Å². The van der Waals surface area contributed by atoms with Gasteiger partial charge >= 0.3 is 12.1 Å². The SMILES string of the molecule is COCO[C@@H](COc1ccc(C(F)(F)F)cc1)CS(=O)(=O)c1ccc(OCC(=O)O)c(S)c1. The second-order valence-electron chi connectivity index (χ2n) is 6.62. The zero-order valence-electron chi connectivity index (χ0n) is 17.2. The van der Waals surface area contributed by atoms with Crippen LogP contribution in [0.2, 0.25) is 0 Å². The molecule has 0 fully saturated rings. The molecular weight excluding hydrogens is 489 g/mol. The highest BCUT2D eigenvalue weighted by atomic mass is 32.2. The van der Waals surface area contributed by atoms with Gasteiger partial charge in [0.05, 0.1) is 16.2 Å². The summed E-state index contributed by atoms with van der Waals surface area (Å²) >= 11 is 4.13. The molecule has 0 aliphatic rings. The van der Waals surface area contributed by atoms with Crippen LogP contribution in [0.3, 0.4) is 0 Å². The third-order valence-electron chi connectivity index (χ3n) is 4.09. The van der Waals surface area contributed by atoms with E-state index in [1.165, 1.54) is 25.3 Å². The smallest absolute Gasteiger partial charge is 0.416 e. The van der Waals surface area contributed by atoms with Crippen LogP contribution in [0, 0.1) is 0 Å². The number of ether oxygens (including phenoxy) is 4. The Morgan fingerprint density at radius 3 is 2.33 bits per heavy atom. The van der Waals surface area contributed by atoms with Gasteiger partial charge in [-0.2, -0.15) is 13.2 Å². The average molecular weight is 511 g/mol. The van der Waals surface area contributed by atoms with Crippen molar-refractivity contribution in [3.8, 4) is 11.5 Å². The molecule has 0 amide bonds. The van der Waals surface area contributed by atoms with Crippen LogP contribution in [0.5, 0.6) is 11.5 Å². The second-order valence-corrected chi connectivity index (χ2v) is 9.14. The van der Waals surface area contributed by atoms with Gasteiger partial charge in [-0.3, -0.25) is 0 Å². The van der Waals surface area contributed by atoms with E-state index in [0.717, 1.165) is 24.3 Å². The fraction of sp³-hybridized carbons (Fsp3) is 0.350. The van der Waals surface area contributed by atoms with Gasteiger partial charge < -0.3 is 24.1 Å². The number of hydrogen-bond donors (Lipinski definition) is 2. The third-order valence-corrected chi connectivity index (χ3v) is 6.22. The van der Waals surface area contributed by atoms with Crippen molar-refractivity contribution in [3.63, 3.8) is 0 Å². The largest absolute Gasteiger partial charge is 0.491 e. The number of carbonyl (C=O) groups is 1. The molecule has 0 unspecified atom stereocenters. The first-order valence-electron chi connectivity index (χ1n) is 9.23. The van der Waals surface area contributed by atoms with Crippen molar-refractivity contribution in [1.82, 2.24) is 0 Å². The number of carboxylic acids is 1. The standard InChI is InChI=1S/C20H21F3O8S2/c1-28-12-31-15(9-29-14-4-2-13(3-5-14)20(21,22)23)11-33(26,27)16-6-7-17(18(32)8-16)30-10-19(24)25/h2-8,15,32H,9-12H2,1H3,(H,24,25)/t15-/m0/s1. The molecule has 0 saturated heterocycles. The molecule has 0 aromatic heterocycles. The zero-order chi connectivity index (χ0) is 24.6. The Morgan fingerprint density at radius 1 is 1.12 bits per heavy atom. The van der Waals surface area contributed by atoms with E-state index >= 15 is 0 Å². The number of methoxy groups -OCH3 is 1. The molecule has 33 heavy (non-hydrogen) atoms. The van der Waals surface area contributed by atoms with Crippen LogP contribution in [-0.2, 0) is 30.3 Å². The summed E-state index contributed by atoms with van der Waals surface area (Å²) in [5.41, 5.74) is -0.844. The Morgan fingerprint density at radius 2 is 1.79 bits per heavy atom. The Balaban J connectivity index is 2.10. The predicted molar refractivity (Wildman–Crippen MR) is 113 cm³/mol. The molecular formula is C20H21F3O8S2. The zero-order valence-corrected chi connectivity index (χ0v) is 19.0. The van der Waals surface area contributed by atoms with E-state index in [0.29, 0.717) is 0 Å². The Bertz CT molecular complexity index is 1040. The van der Waals surface area contributed by atoms with Crippen LogP contribution in [0.15, 0.2) is 52.3 Å². The van der Waals surface area contributed by atoms with E-state index in [9.17, 15) is 26.4 Å². The highest BCUT2D eigenvalue weighted by Crippen LogP contribution is 2.30. The summed E-state index contributed by atoms with van der Waals surface area (Å²) in [6.45, 7) is -1.13. The lowest BCUT2D eigenvalue weighted by atomic mass is 10.2. The first-order valence-corrected chi connectivity index (χ1v) is 11.3. The van der Waals surface area contributed by atoms with Gasteiger partial charge in [-0.1, -0.05) is 0 Å². The quantitative estimate of drug-likeness (QED) is 0.331. The number of sulfone groups is 1. The number of thiol groups is 1. The molecule has 0 spiro atoms. The highest BCUT2D eigenvalue weighted by molar-refractivity contribution is 7.91. The summed E-state index contributed by atoms with van der Waals surface area (Å²) in [4.78, 5) is 10.6. The Labute approximate surface area is 193 Å². The normalized spacial score (nSPS) is 12.9. The molecule has 0 radical (unpaired) electrons. The van der Waals surface area contributed by atoms with Crippen LogP contribution in [0.1, 0.15) is 5.56 Å². The molecule has 2 aromatic rings. The molecule has 2 rings (SSSR count). The van der Waals surface area contributed by atoms with Gasteiger partial charge in [0, 0.05) is 12.0 Å². The molecule has 8 nitrogen and oxygen atoms in total. The Hall–Kier alpha value is -2.48. The number of benzene rings is 2. The van der Waals surface area contributed by atoms with Gasteiger partial charge in [-0.05, 0) is 42.5 Å². The van der Waals surface area contributed by atoms with Crippen LogP contribution in [0.4, 0.5) is 13.2 Å². The minimum Gasteiger partial charge on any atom is -0.491 e. The van der Waals surface area contributed by atoms with Crippen molar-refractivity contribution in [2.24, 2.45) is 0 Å². The van der Waals surface area contributed by atoms with Crippen molar-refractivity contribution in [3.05, 3.63) is 48.0 Å². The van der Waals surface area contributed by atoms with Gasteiger partial charge in [0.15, 0.2) is 16.4 Å². The molecule has 0 saturated carbocycles. The molecule has 1 atom stereocenters. The number of halogens is 3. The predicted octanol–water partition coefficient (Wildman–Crippen LogP) is 3.30. The van der Waals surface area contributed by atoms with E-state index in [1.54, 1.807) is 0 Å².